The number of aromatic nitrogens is 4. The Bertz CT molecular complexity index is 954. The minimum atomic E-state index is -0.334. The van der Waals surface area contributed by atoms with Crippen LogP contribution >= 0.6 is 24.8 Å². The Labute approximate surface area is 167 Å². The first kappa shape index (κ1) is 21.1. The summed E-state index contributed by atoms with van der Waals surface area (Å²) in [6, 6.07) is 4.89. The van der Waals surface area contributed by atoms with Gasteiger partial charge in [0.25, 0.3) is 5.91 Å². The maximum Gasteiger partial charge on any atom is 0.272 e. The number of nitrogens with zero attached hydrogens (tertiary/aromatic N) is 3. The summed E-state index contributed by atoms with van der Waals surface area (Å²) in [4.78, 5) is 16.7. The van der Waals surface area contributed by atoms with Crippen molar-refractivity contribution in [2.24, 2.45) is 7.05 Å². The van der Waals surface area contributed by atoms with Crippen molar-refractivity contribution in [1.29, 1.82) is 0 Å². The van der Waals surface area contributed by atoms with Crippen LogP contribution in [-0.2, 0) is 26.4 Å². The fourth-order valence-corrected chi connectivity index (χ4v) is 3.24. The molecular weight excluding hydrogens is 394 g/mol. The minimum absolute atomic E-state index is 0. The highest BCUT2D eigenvalue weighted by Crippen LogP contribution is 2.18. The van der Waals surface area contributed by atoms with Crippen LogP contribution in [0, 0.1) is 5.82 Å². The maximum absolute atomic E-state index is 13.8. The molecule has 1 aromatic carbocycles. The molecule has 1 aliphatic heterocycles. The van der Waals surface area contributed by atoms with E-state index in [4.69, 9.17) is 0 Å². The molecule has 3 heterocycles. The number of carbonyl (C=O) groups excluding carboxylic acids is 1. The molecular formula is C17H21Cl2FN6O. The number of aryl methyl sites for hydroxylation is 1. The summed E-state index contributed by atoms with van der Waals surface area (Å²) in [6.07, 6.45) is 1.36. The number of carbonyl (C=O) groups is 1. The number of para-hydroxylation sites is 1. The fraction of sp³-hybridized carbons (Fsp3) is 0.353. The van der Waals surface area contributed by atoms with Gasteiger partial charge in [-0.05, 0) is 12.1 Å². The van der Waals surface area contributed by atoms with E-state index in [2.05, 4.69) is 25.8 Å². The zero-order valence-corrected chi connectivity index (χ0v) is 16.3. The lowest BCUT2D eigenvalue weighted by atomic mass is 10.1. The Hall–Kier alpha value is -2.16. The normalized spacial score (nSPS) is 12.8. The van der Waals surface area contributed by atoms with Crippen molar-refractivity contribution < 1.29 is 9.18 Å². The van der Waals surface area contributed by atoms with E-state index in [0.29, 0.717) is 30.7 Å². The van der Waals surface area contributed by atoms with Crippen LogP contribution in [0.25, 0.3) is 11.0 Å². The molecule has 3 N–H and O–H groups in total. The second-order valence-corrected chi connectivity index (χ2v) is 6.16. The molecule has 0 saturated heterocycles. The number of hydrogen-bond donors (Lipinski definition) is 3. The topological polar surface area (TPSA) is 87.6 Å². The largest absolute Gasteiger partial charge is 0.350 e. The number of nitrogens with one attached hydrogen (secondary N) is 3. The Morgan fingerprint density at radius 1 is 1.37 bits per heavy atom. The van der Waals surface area contributed by atoms with Crippen LogP contribution in [0.2, 0.25) is 0 Å². The second kappa shape index (κ2) is 8.69. The van der Waals surface area contributed by atoms with Crippen molar-refractivity contribution >= 4 is 41.8 Å². The Balaban J connectivity index is 0.00000131. The van der Waals surface area contributed by atoms with E-state index in [9.17, 15) is 9.18 Å². The second-order valence-electron chi connectivity index (χ2n) is 6.16. The predicted molar refractivity (Wildman–Crippen MR) is 105 cm³/mol. The highest BCUT2D eigenvalue weighted by atomic mass is 35.5. The van der Waals surface area contributed by atoms with Crippen molar-refractivity contribution in [3.05, 3.63) is 46.8 Å². The molecule has 0 radical (unpaired) electrons. The molecule has 2 aromatic heterocycles. The quantitative estimate of drug-likeness (QED) is 0.608. The van der Waals surface area contributed by atoms with Crippen LogP contribution in [0.4, 0.5) is 4.39 Å². The van der Waals surface area contributed by atoms with Crippen LogP contribution in [0.15, 0.2) is 18.2 Å². The van der Waals surface area contributed by atoms with Crippen molar-refractivity contribution in [3.63, 3.8) is 0 Å². The summed E-state index contributed by atoms with van der Waals surface area (Å²) in [5.74, 6) is 0.191. The standard InChI is InChI=1S/C17H19FN6O.2ClH/c1-24-13-4-2-3-11(18)16(13)21-14(24)6-8-20-17(25)15-10-9-19-7-5-12(10)22-23-15;;/h2-4,19H,5-9H2,1H3,(H,20,25)(H,22,23);2*1H. The van der Waals surface area contributed by atoms with Gasteiger partial charge in [0, 0.05) is 50.8 Å². The summed E-state index contributed by atoms with van der Waals surface area (Å²) in [5, 5.41) is 13.2. The number of benzene rings is 1. The molecule has 0 bridgehead atoms. The van der Waals surface area contributed by atoms with Crippen LogP contribution in [0.1, 0.15) is 27.6 Å². The van der Waals surface area contributed by atoms with Crippen LogP contribution in [0.3, 0.4) is 0 Å². The number of H-pyrrole nitrogens is 1. The third-order valence-electron chi connectivity index (χ3n) is 4.61. The summed E-state index contributed by atoms with van der Waals surface area (Å²) in [5.41, 5.74) is 3.51. The lowest BCUT2D eigenvalue weighted by Gasteiger charge is -2.12. The van der Waals surface area contributed by atoms with Crippen molar-refractivity contribution in [1.82, 2.24) is 30.4 Å². The van der Waals surface area contributed by atoms with Gasteiger partial charge in [0.15, 0.2) is 11.5 Å². The van der Waals surface area contributed by atoms with E-state index in [1.807, 2.05) is 17.7 Å². The molecule has 0 spiro atoms. The average molecular weight is 415 g/mol. The average Bonchev–Trinajstić information content (AvgIpc) is 3.18. The molecule has 0 saturated carbocycles. The van der Waals surface area contributed by atoms with Gasteiger partial charge in [-0.1, -0.05) is 6.07 Å². The molecule has 10 heteroatoms. The lowest BCUT2D eigenvalue weighted by molar-refractivity contribution is 0.0947. The zero-order chi connectivity index (χ0) is 17.4. The van der Waals surface area contributed by atoms with Gasteiger partial charge in [-0.2, -0.15) is 5.10 Å². The summed E-state index contributed by atoms with van der Waals surface area (Å²) in [7, 11) is 1.85. The van der Waals surface area contributed by atoms with Crippen molar-refractivity contribution in [2.75, 3.05) is 13.1 Å². The molecule has 4 rings (SSSR count). The number of hydrogen-bond acceptors (Lipinski definition) is 4. The number of aromatic amines is 1. The van der Waals surface area contributed by atoms with Crippen LogP contribution < -0.4 is 10.6 Å². The van der Waals surface area contributed by atoms with Gasteiger partial charge in [0.2, 0.25) is 0 Å². The molecule has 0 aliphatic carbocycles. The summed E-state index contributed by atoms with van der Waals surface area (Å²) >= 11 is 0. The van der Waals surface area contributed by atoms with E-state index in [-0.39, 0.29) is 36.5 Å². The van der Waals surface area contributed by atoms with Crippen LogP contribution in [-0.4, -0.2) is 38.7 Å². The molecule has 0 unspecified atom stereocenters. The Kier molecular flexibility index (Phi) is 6.80. The van der Waals surface area contributed by atoms with Gasteiger partial charge in [0.05, 0.1) is 5.52 Å². The molecule has 27 heavy (non-hydrogen) atoms. The molecule has 1 aliphatic rings. The SMILES string of the molecule is Cl.Cl.Cn1c(CCNC(=O)c2n[nH]c3c2CNCC3)nc2c(F)cccc21. The van der Waals surface area contributed by atoms with Gasteiger partial charge in [0.1, 0.15) is 11.3 Å². The monoisotopic (exact) mass is 414 g/mol. The number of halogens is 3. The Morgan fingerprint density at radius 3 is 2.96 bits per heavy atom. The molecule has 146 valence electrons. The molecule has 0 fully saturated rings. The predicted octanol–water partition coefficient (Wildman–Crippen LogP) is 1.90. The third kappa shape index (κ3) is 3.92. The van der Waals surface area contributed by atoms with E-state index in [0.717, 1.165) is 35.6 Å². The highest BCUT2D eigenvalue weighted by molar-refractivity contribution is 5.94. The van der Waals surface area contributed by atoms with Crippen molar-refractivity contribution in [2.45, 2.75) is 19.4 Å². The molecule has 0 atom stereocenters. The van der Waals surface area contributed by atoms with E-state index < -0.39 is 0 Å². The van der Waals surface area contributed by atoms with E-state index >= 15 is 0 Å². The molecule has 3 aromatic rings. The smallest absolute Gasteiger partial charge is 0.272 e. The van der Waals surface area contributed by atoms with Gasteiger partial charge in [-0.15, -0.1) is 24.8 Å². The fourth-order valence-electron chi connectivity index (χ4n) is 3.24. The van der Waals surface area contributed by atoms with Gasteiger partial charge in [-0.25, -0.2) is 9.37 Å². The lowest BCUT2D eigenvalue weighted by Crippen LogP contribution is -2.30. The molecule has 7 nitrogen and oxygen atoms in total. The number of imidazole rings is 1. The van der Waals surface area contributed by atoms with Gasteiger partial charge in [-0.3, -0.25) is 9.89 Å². The van der Waals surface area contributed by atoms with Gasteiger partial charge < -0.3 is 15.2 Å². The first-order valence-electron chi connectivity index (χ1n) is 8.30. The van der Waals surface area contributed by atoms with Gasteiger partial charge >= 0.3 is 0 Å². The molecule has 1 amide bonds. The minimum Gasteiger partial charge on any atom is -0.350 e. The first-order chi connectivity index (χ1) is 12.1. The van der Waals surface area contributed by atoms with E-state index in [1.54, 1.807) is 6.07 Å². The Morgan fingerprint density at radius 2 is 2.19 bits per heavy atom. The first-order valence-corrected chi connectivity index (χ1v) is 8.30. The third-order valence-corrected chi connectivity index (χ3v) is 4.61. The van der Waals surface area contributed by atoms with E-state index in [1.165, 1.54) is 6.07 Å². The summed E-state index contributed by atoms with van der Waals surface area (Å²) in [6.45, 7) is 1.95. The summed E-state index contributed by atoms with van der Waals surface area (Å²) < 4.78 is 15.7. The maximum atomic E-state index is 13.8. The number of rotatable bonds is 4. The van der Waals surface area contributed by atoms with Crippen LogP contribution in [0.5, 0.6) is 0 Å². The number of fused-ring (bicyclic) bond motifs is 2. The number of amides is 1. The van der Waals surface area contributed by atoms with Crippen molar-refractivity contribution in [3.8, 4) is 0 Å². The highest BCUT2D eigenvalue weighted by Gasteiger charge is 2.21. The zero-order valence-electron chi connectivity index (χ0n) is 14.7.